The Morgan fingerprint density at radius 1 is 1.00 bits per heavy atom. The standard InChI is InChI=1S/C26H25ClN4O3S/c1-17-9-10-20(27)13-23(17)31-24(29-30-26(31)35-16-18-7-5-4-6-8-18)15-28-25(32)19-11-21(33-2)14-22(12-19)34-3/h4-14H,15-16H2,1-3H3,(H,28,32). The number of halogens is 1. The Bertz CT molecular complexity index is 1310. The maximum absolute atomic E-state index is 12.9. The number of amides is 1. The molecule has 4 rings (SSSR count). The van der Waals surface area contributed by atoms with Gasteiger partial charge in [0, 0.05) is 22.4 Å². The molecule has 7 nitrogen and oxygen atoms in total. The summed E-state index contributed by atoms with van der Waals surface area (Å²) < 4.78 is 12.5. The summed E-state index contributed by atoms with van der Waals surface area (Å²) in [5.74, 6) is 2.11. The van der Waals surface area contributed by atoms with Gasteiger partial charge in [-0.15, -0.1) is 10.2 Å². The van der Waals surface area contributed by atoms with Gasteiger partial charge < -0.3 is 14.8 Å². The van der Waals surface area contributed by atoms with E-state index >= 15 is 0 Å². The molecule has 3 aromatic carbocycles. The summed E-state index contributed by atoms with van der Waals surface area (Å²) in [5.41, 5.74) is 3.48. The van der Waals surface area contributed by atoms with Crippen molar-refractivity contribution >= 4 is 29.3 Å². The summed E-state index contributed by atoms with van der Waals surface area (Å²) in [6, 6.07) is 20.9. The molecule has 0 fully saturated rings. The SMILES string of the molecule is COc1cc(OC)cc(C(=O)NCc2nnc(SCc3ccccc3)n2-c2cc(Cl)ccc2C)c1. The van der Waals surface area contributed by atoms with Crippen LogP contribution < -0.4 is 14.8 Å². The number of methoxy groups -OCH3 is 2. The summed E-state index contributed by atoms with van der Waals surface area (Å²) >= 11 is 7.89. The van der Waals surface area contributed by atoms with Gasteiger partial charge in [-0.3, -0.25) is 9.36 Å². The first-order chi connectivity index (χ1) is 17.0. The normalized spacial score (nSPS) is 10.7. The van der Waals surface area contributed by atoms with Crippen molar-refractivity contribution in [3.8, 4) is 17.2 Å². The van der Waals surface area contributed by atoms with E-state index < -0.39 is 0 Å². The topological polar surface area (TPSA) is 78.3 Å². The van der Waals surface area contributed by atoms with Gasteiger partial charge in [0.15, 0.2) is 11.0 Å². The molecule has 180 valence electrons. The molecule has 35 heavy (non-hydrogen) atoms. The van der Waals surface area contributed by atoms with Crippen LogP contribution in [0.5, 0.6) is 11.5 Å². The van der Waals surface area contributed by atoms with Gasteiger partial charge >= 0.3 is 0 Å². The molecule has 1 N–H and O–H groups in total. The first-order valence-electron chi connectivity index (χ1n) is 10.9. The fourth-order valence-corrected chi connectivity index (χ4v) is 4.58. The smallest absolute Gasteiger partial charge is 0.251 e. The number of nitrogens with one attached hydrogen (secondary N) is 1. The van der Waals surface area contributed by atoms with Crippen LogP contribution in [0.1, 0.15) is 27.3 Å². The Balaban J connectivity index is 1.61. The number of aryl methyl sites for hydroxylation is 1. The number of hydrogen-bond acceptors (Lipinski definition) is 6. The summed E-state index contributed by atoms with van der Waals surface area (Å²) in [6.07, 6.45) is 0. The van der Waals surface area contributed by atoms with Crippen molar-refractivity contribution in [2.45, 2.75) is 24.4 Å². The number of nitrogens with zero attached hydrogens (tertiary/aromatic N) is 3. The maximum atomic E-state index is 12.9. The molecule has 9 heteroatoms. The molecule has 1 aromatic heterocycles. The van der Waals surface area contributed by atoms with Crippen LogP contribution in [0.3, 0.4) is 0 Å². The highest BCUT2D eigenvalue weighted by Gasteiger charge is 2.18. The lowest BCUT2D eigenvalue weighted by atomic mass is 10.2. The average molecular weight is 509 g/mol. The molecule has 0 atom stereocenters. The number of rotatable bonds is 9. The van der Waals surface area contributed by atoms with Gasteiger partial charge in [-0.05, 0) is 42.3 Å². The number of carbonyl (C=O) groups is 1. The lowest BCUT2D eigenvalue weighted by molar-refractivity contribution is 0.0949. The van der Waals surface area contributed by atoms with Crippen LogP contribution >= 0.6 is 23.4 Å². The average Bonchev–Trinajstić information content (AvgIpc) is 3.30. The molecule has 0 aliphatic carbocycles. The minimum Gasteiger partial charge on any atom is -0.497 e. The number of ether oxygens (including phenoxy) is 2. The first kappa shape index (κ1) is 24.6. The molecule has 0 unspecified atom stereocenters. The lowest BCUT2D eigenvalue weighted by Crippen LogP contribution is -2.25. The van der Waals surface area contributed by atoms with Gasteiger partial charge in [-0.1, -0.05) is 59.8 Å². The molecule has 0 saturated heterocycles. The van der Waals surface area contributed by atoms with Crippen molar-refractivity contribution in [2.24, 2.45) is 0 Å². The second-order valence-corrected chi connectivity index (χ2v) is 9.10. The van der Waals surface area contributed by atoms with Crippen LogP contribution in [0.15, 0.2) is 71.9 Å². The van der Waals surface area contributed by atoms with Crippen molar-refractivity contribution in [3.63, 3.8) is 0 Å². The van der Waals surface area contributed by atoms with E-state index in [4.69, 9.17) is 21.1 Å². The molecular formula is C26H25ClN4O3S. The molecule has 0 saturated carbocycles. The Morgan fingerprint density at radius 3 is 2.40 bits per heavy atom. The molecule has 0 radical (unpaired) electrons. The van der Waals surface area contributed by atoms with E-state index in [9.17, 15) is 4.79 Å². The summed E-state index contributed by atoms with van der Waals surface area (Å²) in [6.45, 7) is 2.17. The maximum Gasteiger partial charge on any atom is 0.251 e. The van der Waals surface area contributed by atoms with Gasteiger partial charge in [-0.25, -0.2) is 0 Å². The van der Waals surface area contributed by atoms with Crippen LogP contribution in [0.2, 0.25) is 5.02 Å². The van der Waals surface area contributed by atoms with Crippen molar-refractivity contribution in [3.05, 3.63) is 94.3 Å². The van der Waals surface area contributed by atoms with E-state index in [1.165, 1.54) is 5.56 Å². The van der Waals surface area contributed by atoms with E-state index in [1.807, 2.05) is 47.9 Å². The van der Waals surface area contributed by atoms with E-state index in [2.05, 4.69) is 27.6 Å². The van der Waals surface area contributed by atoms with E-state index in [1.54, 1.807) is 44.2 Å². The zero-order valence-electron chi connectivity index (χ0n) is 19.6. The minimum atomic E-state index is -0.280. The number of aromatic nitrogens is 3. The van der Waals surface area contributed by atoms with E-state index in [0.717, 1.165) is 17.0 Å². The predicted molar refractivity (Wildman–Crippen MR) is 138 cm³/mol. The second-order valence-electron chi connectivity index (χ2n) is 7.72. The van der Waals surface area contributed by atoms with Crippen LogP contribution in [-0.4, -0.2) is 34.9 Å². The molecule has 0 bridgehead atoms. The van der Waals surface area contributed by atoms with E-state index in [-0.39, 0.29) is 12.5 Å². The van der Waals surface area contributed by atoms with Crippen molar-refractivity contribution in [2.75, 3.05) is 14.2 Å². The second kappa shape index (κ2) is 11.3. The number of hydrogen-bond donors (Lipinski definition) is 1. The third kappa shape index (κ3) is 5.96. The highest BCUT2D eigenvalue weighted by molar-refractivity contribution is 7.98. The van der Waals surface area contributed by atoms with Crippen LogP contribution in [0, 0.1) is 6.92 Å². The van der Waals surface area contributed by atoms with Crippen LogP contribution in [0.4, 0.5) is 0 Å². The summed E-state index contributed by atoms with van der Waals surface area (Å²) in [4.78, 5) is 12.9. The predicted octanol–water partition coefficient (Wildman–Crippen LogP) is 5.47. The summed E-state index contributed by atoms with van der Waals surface area (Å²) in [5, 5.41) is 13.1. The molecule has 0 spiro atoms. The Morgan fingerprint density at radius 2 is 1.71 bits per heavy atom. The van der Waals surface area contributed by atoms with Crippen LogP contribution in [0.25, 0.3) is 5.69 Å². The van der Waals surface area contributed by atoms with E-state index in [0.29, 0.717) is 33.1 Å². The Kier molecular flexibility index (Phi) is 7.94. The van der Waals surface area contributed by atoms with Gasteiger partial charge in [0.25, 0.3) is 5.91 Å². The summed E-state index contributed by atoms with van der Waals surface area (Å²) in [7, 11) is 3.09. The monoisotopic (exact) mass is 508 g/mol. The zero-order chi connectivity index (χ0) is 24.8. The third-order valence-corrected chi connectivity index (χ3v) is 6.58. The number of benzene rings is 3. The quantitative estimate of drug-likeness (QED) is 0.302. The molecule has 0 aliphatic rings. The molecule has 1 amide bonds. The van der Waals surface area contributed by atoms with Crippen LogP contribution in [-0.2, 0) is 12.3 Å². The zero-order valence-corrected chi connectivity index (χ0v) is 21.2. The van der Waals surface area contributed by atoms with Gasteiger partial charge in [0.2, 0.25) is 0 Å². The van der Waals surface area contributed by atoms with Crippen molar-refractivity contribution in [1.29, 1.82) is 0 Å². The molecule has 0 aliphatic heterocycles. The van der Waals surface area contributed by atoms with Gasteiger partial charge in [-0.2, -0.15) is 0 Å². The minimum absolute atomic E-state index is 0.170. The highest BCUT2D eigenvalue weighted by Crippen LogP contribution is 2.29. The fraction of sp³-hybridized carbons (Fsp3) is 0.192. The first-order valence-corrected chi connectivity index (χ1v) is 12.2. The molecular weight excluding hydrogens is 484 g/mol. The van der Waals surface area contributed by atoms with Gasteiger partial charge in [0.05, 0.1) is 26.5 Å². The number of thioether (sulfide) groups is 1. The Labute approximate surface area is 213 Å². The lowest BCUT2D eigenvalue weighted by Gasteiger charge is -2.14. The third-order valence-electron chi connectivity index (χ3n) is 5.34. The fourth-order valence-electron chi connectivity index (χ4n) is 3.50. The van der Waals surface area contributed by atoms with Crippen molar-refractivity contribution < 1.29 is 14.3 Å². The highest BCUT2D eigenvalue weighted by atomic mass is 35.5. The molecule has 4 aromatic rings. The van der Waals surface area contributed by atoms with Gasteiger partial charge in [0.1, 0.15) is 11.5 Å². The Hall–Kier alpha value is -3.49. The van der Waals surface area contributed by atoms with Crippen molar-refractivity contribution in [1.82, 2.24) is 20.1 Å². The largest absolute Gasteiger partial charge is 0.497 e. The molecule has 1 heterocycles. The number of carbonyl (C=O) groups excluding carboxylic acids is 1.